The molecule has 0 aromatic carbocycles. The van der Waals surface area contributed by atoms with Gasteiger partial charge in [0.15, 0.2) is 0 Å². The average molecular weight is 516 g/mol. The van der Waals surface area contributed by atoms with Crippen LogP contribution in [0, 0.1) is 11.3 Å². The number of fused-ring (bicyclic) bond motifs is 2. The molecule has 29 heavy (non-hydrogen) atoms. The Morgan fingerprint density at radius 2 is 2.17 bits per heavy atom. The second kappa shape index (κ2) is 7.00. The van der Waals surface area contributed by atoms with Crippen molar-refractivity contribution in [3.05, 3.63) is 24.2 Å². The summed E-state index contributed by atoms with van der Waals surface area (Å²) in [6.45, 7) is -0.552. The molecule has 0 unspecified atom stereocenters. The van der Waals surface area contributed by atoms with Gasteiger partial charge in [-0.05, 0) is 0 Å². The first-order valence-corrected chi connectivity index (χ1v) is 10.1. The summed E-state index contributed by atoms with van der Waals surface area (Å²) in [5, 5.41) is 22.9. The molecule has 0 aliphatic carbocycles. The van der Waals surface area contributed by atoms with Crippen LogP contribution < -0.4 is 26.9 Å². The number of nitrogen functional groups attached to an aromatic ring is 1. The minimum absolute atomic E-state index is 0.134. The molecule has 0 saturated carbocycles. The number of nitriles is 1. The number of carbonyl (C=O) groups is 3. The molecular formula is C15H11IN5O8-. The number of carboxylic acid groups (broad SMARTS) is 1. The van der Waals surface area contributed by atoms with Crippen molar-refractivity contribution in [2.75, 3.05) is 12.3 Å². The van der Waals surface area contributed by atoms with Crippen molar-refractivity contribution in [3.63, 3.8) is 0 Å². The Hall–Kier alpha value is -3.19. The summed E-state index contributed by atoms with van der Waals surface area (Å²) in [5.41, 5.74) is 4.37. The predicted molar refractivity (Wildman–Crippen MR) is 84.1 cm³/mol. The van der Waals surface area contributed by atoms with Crippen molar-refractivity contribution in [1.82, 2.24) is 14.6 Å². The molecular weight excluding hydrogens is 505 g/mol. The van der Waals surface area contributed by atoms with Gasteiger partial charge >= 0.3 is 171 Å². The van der Waals surface area contributed by atoms with Gasteiger partial charge in [0.2, 0.25) is 0 Å². The third kappa shape index (κ3) is 3.07. The fourth-order valence-electron chi connectivity index (χ4n) is 3.27. The summed E-state index contributed by atoms with van der Waals surface area (Å²) in [5.74, 6) is 0.134. The van der Waals surface area contributed by atoms with E-state index in [0.29, 0.717) is 5.52 Å². The molecule has 0 amide bonds. The molecule has 152 valence electrons. The average Bonchev–Trinajstić information content (AvgIpc) is 3.17. The van der Waals surface area contributed by atoms with Crippen LogP contribution in [-0.2, 0) is 24.5 Å². The third-order valence-corrected chi connectivity index (χ3v) is 5.79. The minimum atomic E-state index is -1.96. The molecule has 0 spiro atoms. The van der Waals surface area contributed by atoms with E-state index in [2.05, 4.69) is 14.8 Å². The summed E-state index contributed by atoms with van der Waals surface area (Å²) in [6.07, 6.45) is -4.24. The molecule has 2 saturated heterocycles. The van der Waals surface area contributed by atoms with Gasteiger partial charge in [0, 0.05) is 0 Å². The molecule has 2 aromatic rings. The SMILES string of the molecule is N#C[C@@]1(c2ccc3c(N)ncnn23)O[C@H](COC(=O)O)[C@H]2OC(=O)[I-]C(=O)O[C@H]21. The van der Waals surface area contributed by atoms with Crippen LogP contribution in [0.15, 0.2) is 18.5 Å². The molecule has 4 atom stereocenters. The number of aromatic nitrogens is 3. The van der Waals surface area contributed by atoms with Gasteiger partial charge in [-0.2, -0.15) is 0 Å². The van der Waals surface area contributed by atoms with Crippen LogP contribution in [0.3, 0.4) is 0 Å². The number of hydrogen-bond acceptors (Lipinski definition) is 11. The topological polar surface area (TPSA) is 188 Å². The molecule has 0 bridgehead atoms. The molecule has 0 radical (unpaired) electrons. The van der Waals surface area contributed by atoms with Crippen LogP contribution in [-0.4, -0.2) is 58.7 Å². The van der Waals surface area contributed by atoms with Crippen LogP contribution in [0.2, 0.25) is 0 Å². The third-order valence-electron chi connectivity index (χ3n) is 4.40. The van der Waals surface area contributed by atoms with E-state index in [1.165, 1.54) is 16.9 Å². The number of ether oxygens (including phenoxy) is 4. The zero-order valence-corrected chi connectivity index (χ0v) is 16.4. The Balaban J connectivity index is 1.85. The van der Waals surface area contributed by atoms with Crippen molar-refractivity contribution in [2.45, 2.75) is 23.9 Å². The predicted octanol–water partition coefficient (Wildman–Crippen LogP) is -2.76. The van der Waals surface area contributed by atoms with Crippen molar-refractivity contribution in [2.24, 2.45) is 0 Å². The van der Waals surface area contributed by atoms with Crippen LogP contribution in [0.5, 0.6) is 0 Å². The summed E-state index contributed by atoms with van der Waals surface area (Å²) in [4.78, 5) is 38.7. The molecule has 2 fully saturated rings. The monoisotopic (exact) mass is 516 g/mol. The van der Waals surface area contributed by atoms with E-state index in [4.69, 9.17) is 25.1 Å². The number of anilines is 1. The van der Waals surface area contributed by atoms with Gasteiger partial charge in [0.25, 0.3) is 0 Å². The zero-order chi connectivity index (χ0) is 20.8. The van der Waals surface area contributed by atoms with E-state index in [9.17, 15) is 19.6 Å². The first-order chi connectivity index (χ1) is 13.9. The van der Waals surface area contributed by atoms with E-state index < -0.39 is 65.8 Å². The number of carbonyl (C=O) groups excluding carboxylic acids is 2. The van der Waals surface area contributed by atoms with Crippen LogP contribution in [0.25, 0.3) is 5.52 Å². The molecule has 2 aromatic heterocycles. The van der Waals surface area contributed by atoms with Gasteiger partial charge in [-0.1, -0.05) is 0 Å². The van der Waals surface area contributed by atoms with Crippen molar-refractivity contribution >= 4 is 25.4 Å². The molecule has 13 nitrogen and oxygen atoms in total. The van der Waals surface area contributed by atoms with Crippen molar-refractivity contribution in [3.8, 4) is 6.07 Å². The number of rotatable bonds is 3. The van der Waals surface area contributed by atoms with Gasteiger partial charge in [-0.25, -0.2) is 0 Å². The second-order valence-corrected chi connectivity index (χ2v) is 8.23. The van der Waals surface area contributed by atoms with E-state index in [0.717, 1.165) is 0 Å². The summed E-state index contributed by atoms with van der Waals surface area (Å²) < 4.78 is 20.7. The summed E-state index contributed by atoms with van der Waals surface area (Å²) >= 11 is -1.75. The Kier molecular flexibility index (Phi) is 4.62. The van der Waals surface area contributed by atoms with Gasteiger partial charge < -0.3 is 0 Å². The van der Waals surface area contributed by atoms with Crippen LogP contribution in [0.4, 0.5) is 20.2 Å². The van der Waals surface area contributed by atoms with Crippen LogP contribution in [0.1, 0.15) is 5.69 Å². The van der Waals surface area contributed by atoms with E-state index in [1.54, 1.807) is 6.07 Å². The normalized spacial score (nSPS) is 29.0. The van der Waals surface area contributed by atoms with Gasteiger partial charge in [0.05, 0.1) is 0 Å². The molecule has 3 N–H and O–H groups in total. The fraction of sp³-hybridized carbons (Fsp3) is 0.333. The van der Waals surface area contributed by atoms with Crippen molar-refractivity contribution < 1.29 is 59.6 Å². The van der Waals surface area contributed by atoms with Gasteiger partial charge in [-0.15, -0.1) is 0 Å². The molecule has 14 heteroatoms. The zero-order valence-electron chi connectivity index (χ0n) is 14.2. The fourth-order valence-corrected chi connectivity index (χ4v) is 4.45. The molecule has 2 aliphatic rings. The number of halogens is 1. The van der Waals surface area contributed by atoms with Gasteiger partial charge in [-0.3, -0.25) is 0 Å². The Labute approximate surface area is 171 Å². The maximum atomic E-state index is 12.1. The summed E-state index contributed by atoms with van der Waals surface area (Å²) in [7, 11) is 0. The van der Waals surface area contributed by atoms with E-state index in [-0.39, 0.29) is 11.5 Å². The first-order valence-electron chi connectivity index (χ1n) is 7.95. The Morgan fingerprint density at radius 1 is 1.41 bits per heavy atom. The maximum absolute atomic E-state index is 12.1. The number of nitrogens with zero attached hydrogens (tertiary/aromatic N) is 4. The van der Waals surface area contributed by atoms with Crippen LogP contribution >= 0.6 is 0 Å². The molecule has 2 aliphatic heterocycles. The quantitative estimate of drug-likeness (QED) is 0.185. The molecule has 4 rings (SSSR count). The summed E-state index contributed by atoms with van der Waals surface area (Å²) in [6, 6.07) is 4.99. The van der Waals surface area contributed by atoms with E-state index in [1.807, 2.05) is 6.07 Å². The standard InChI is InChI=1S/C15H11IN5O8/c17-4-15(8-2-1-6-11(18)19-5-20-21(6)8)10-9(7(29-15)3-26-14(24)25)27-12(22)16-13(23)28-10/h1-2,5,7,9-10H,3H2,(H,24,25)(H2,18,19,20)/q-1/t7-,9-,10-,15+/m1/s1. The second-order valence-electron chi connectivity index (χ2n) is 5.93. The van der Waals surface area contributed by atoms with Crippen molar-refractivity contribution in [1.29, 1.82) is 5.26 Å². The Morgan fingerprint density at radius 3 is 2.90 bits per heavy atom. The number of hydrogen-bond donors (Lipinski definition) is 2. The Bertz CT molecular complexity index is 1070. The van der Waals surface area contributed by atoms with Gasteiger partial charge in [0.1, 0.15) is 0 Å². The van der Waals surface area contributed by atoms with E-state index >= 15 is 0 Å². The first kappa shape index (κ1) is 19.1. The molecule has 4 heterocycles. The number of nitrogens with two attached hydrogens (primary N) is 1.